The van der Waals surface area contributed by atoms with Gasteiger partial charge in [0.2, 0.25) is 0 Å². The van der Waals surface area contributed by atoms with Crippen LogP contribution in [0.5, 0.6) is 0 Å². The first-order chi connectivity index (χ1) is 7.31. The number of hydrogen-bond acceptors (Lipinski definition) is 1. The summed E-state index contributed by atoms with van der Waals surface area (Å²) in [7, 11) is 0. The van der Waals surface area contributed by atoms with Gasteiger partial charge in [-0.3, -0.25) is 0 Å². The highest BCUT2D eigenvalue weighted by molar-refractivity contribution is 9.10. The van der Waals surface area contributed by atoms with E-state index in [4.69, 9.17) is 0 Å². The van der Waals surface area contributed by atoms with Crippen molar-refractivity contribution < 1.29 is 18.3 Å². The quantitative estimate of drug-likeness (QED) is 0.841. The van der Waals surface area contributed by atoms with Crippen LogP contribution in [0.15, 0.2) is 41.4 Å². The molecule has 88 valence electrons. The van der Waals surface area contributed by atoms with Gasteiger partial charge in [-0.05, 0) is 17.7 Å². The predicted octanol–water partition coefficient (Wildman–Crippen LogP) is 3.78. The zero-order valence-corrected chi connectivity index (χ0v) is 9.85. The van der Waals surface area contributed by atoms with Gasteiger partial charge in [-0.1, -0.05) is 34.1 Å². The molecule has 0 aliphatic heterocycles. The topological polar surface area (TPSA) is 20.2 Å². The fourth-order valence-corrected chi connectivity index (χ4v) is 1.60. The van der Waals surface area contributed by atoms with E-state index < -0.39 is 18.2 Å². The molecule has 16 heavy (non-hydrogen) atoms. The van der Waals surface area contributed by atoms with Crippen molar-refractivity contribution in [2.45, 2.75) is 18.2 Å². The Morgan fingerprint density at radius 1 is 1.25 bits per heavy atom. The van der Waals surface area contributed by atoms with Crippen LogP contribution in [0, 0.1) is 0 Å². The number of halogens is 4. The molecule has 0 amide bonds. The molecule has 1 atom stereocenters. The lowest BCUT2D eigenvalue weighted by atomic mass is 9.90. The van der Waals surface area contributed by atoms with Crippen LogP contribution < -0.4 is 0 Å². The summed E-state index contributed by atoms with van der Waals surface area (Å²) in [4.78, 5) is 0. The fraction of sp³-hybridized carbons (Fsp3) is 0.273. The van der Waals surface area contributed by atoms with Crippen molar-refractivity contribution in [1.29, 1.82) is 0 Å². The molecular formula is C11H10BrF3O. The lowest BCUT2D eigenvalue weighted by Crippen LogP contribution is -2.41. The van der Waals surface area contributed by atoms with E-state index in [0.717, 1.165) is 6.08 Å². The maximum absolute atomic E-state index is 12.8. The Morgan fingerprint density at radius 3 is 2.12 bits per heavy atom. The van der Waals surface area contributed by atoms with Gasteiger partial charge in [-0.25, -0.2) is 0 Å². The highest BCUT2D eigenvalue weighted by Crippen LogP contribution is 2.41. The molecule has 0 aliphatic carbocycles. The summed E-state index contributed by atoms with van der Waals surface area (Å²) >= 11 is 3.12. The molecule has 0 aromatic heterocycles. The number of rotatable bonds is 3. The van der Waals surface area contributed by atoms with E-state index in [2.05, 4.69) is 22.5 Å². The van der Waals surface area contributed by atoms with Gasteiger partial charge in [0.15, 0.2) is 5.60 Å². The third-order valence-electron chi connectivity index (χ3n) is 2.23. The molecule has 1 aromatic rings. The summed E-state index contributed by atoms with van der Waals surface area (Å²) in [5.74, 6) is 0. The molecule has 5 heteroatoms. The number of aliphatic hydroxyl groups is 1. The normalized spacial score (nSPS) is 15.6. The average Bonchev–Trinajstić information content (AvgIpc) is 2.17. The monoisotopic (exact) mass is 294 g/mol. The summed E-state index contributed by atoms with van der Waals surface area (Å²) in [6.45, 7) is 3.23. The van der Waals surface area contributed by atoms with Gasteiger partial charge in [0, 0.05) is 10.9 Å². The van der Waals surface area contributed by atoms with Crippen molar-refractivity contribution in [3.63, 3.8) is 0 Å². The van der Waals surface area contributed by atoms with Crippen molar-refractivity contribution in [1.82, 2.24) is 0 Å². The summed E-state index contributed by atoms with van der Waals surface area (Å²) in [6, 6.07) is 5.38. The molecule has 1 rings (SSSR count). The van der Waals surface area contributed by atoms with E-state index in [-0.39, 0.29) is 5.56 Å². The van der Waals surface area contributed by atoms with E-state index in [1.807, 2.05) is 0 Å². The fourth-order valence-electron chi connectivity index (χ4n) is 1.33. The first-order valence-electron chi connectivity index (χ1n) is 4.47. The van der Waals surface area contributed by atoms with E-state index in [1.54, 1.807) is 0 Å². The minimum atomic E-state index is -4.73. The van der Waals surface area contributed by atoms with Crippen LogP contribution in [0.3, 0.4) is 0 Å². The number of hydrogen-bond donors (Lipinski definition) is 1. The van der Waals surface area contributed by atoms with E-state index in [9.17, 15) is 18.3 Å². The summed E-state index contributed by atoms with van der Waals surface area (Å²) in [6.07, 6.45) is -4.25. The first-order valence-corrected chi connectivity index (χ1v) is 5.26. The molecule has 0 fully saturated rings. The molecule has 0 saturated carbocycles. The summed E-state index contributed by atoms with van der Waals surface area (Å²) in [5, 5.41) is 9.70. The third-order valence-corrected chi connectivity index (χ3v) is 2.76. The van der Waals surface area contributed by atoms with Gasteiger partial charge in [-0.15, -0.1) is 6.58 Å². The van der Waals surface area contributed by atoms with Crippen molar-refractivity contribution in [3.8, 4) is 0 Å². The maximum Gasteiger partial charge on any atom is 0.421 e. The molecule has 1 aromatic carbocycles. The molecule has 1 nitrogen and oxygen atoms in total. The molecule has 0 aliphatic rings. The molecule has 0 heterocycles. The summed E-state index contributed by atoms with van der Waals surface area (Å²) in [5.41, 5.74) is -3.06. The van der Waals surface area contributed by atoms with Gasteiger partial charge in [-0.2, -0.15) is 13.2 Å². The Hall–Kier alpha value is -0.810. The van der Waals surface area contributed by atoms with E-state index in [0.29, 0.717) is 4.47 Å². The van der Waals surface area contributed by atoms with E-state index in [1.165, 1.54) is 24.3 Å². The number of alkyl halides is 3. The minimum absolute atomic E-state index is 0.192. The minimum Gasteiger partial charge on any atom is -0.376 e. The predicted molar refractivity (Wildman–Crippen MR) is 58.9 cm³/mol. The van der Waals surface area contributed by atoms with Crippen LogP contribution in [0.4, 0.5) is 13.2 Å². The molecule has 1 unspecified atom stereocenters. The highest BCUT2D eigenvalue weighted by atomic mass is 79.9. The van der Waals surface area contributed by atoms with Gasteiger partial charge < -0.3 is 5.11 Å². The Kier molecular flexibility index (Phi) is 3.80. The van der Waals surface area contributed by atoms with Crippen LogP contribution in [0.2, 0.25) is 0 Å². The molecule has 0 spiro atoms. The SMILES string of the molecule is C=CCC(O)(c1ccc(Br)cc1)C(F)(F)F. The Balaban J connectivity index is 3.21. The lowest BCUT2D eigenvalue weighted by molar-refractivity contribution is -0.265. The van der Waals surface area contributed by atoms with Crippen LogP contribution in [0.25, 0.3) is 0 Å². The second-order valence-electron chi connectivity index (χ2n) is 3.36. The van der Waals surface area contributed by atoms with Gasteiger partial charge in [0.1, 0.15) is 0 Å². The Bertz CT molecular complexity index is 372. The van der Waals surface area contributed by atoms with Crippen molar-refractivity contribution in [2.24, 2.45) is 0 Å². The molecule has 0 radical (unpaired) electrons. The Labute approximate surface area is 99.7 Å². The number of benzene rings is 1. The smallest absolute Gasteiger partial charge is 0.376 e. The molecule has 1 N–H and O–H groups in total. The maximum atomic E-state index is 12.8. The average molecular weight is 295 g/mol. The molecule has 0 saturated heterocycles. The zero-order chi connectivity index (χ0) is 12.4. The van der Waals surface area contributed by atoms with Crippen LogP contribution in [-0.2, 0) is 5.60 Å². The Morgan fingerprint density at radius 2 is 1.75 bits per heavy atom. The standard InChI is InChI=1S/C11H10BrF3O/c1-2-7-10(16,11(13,14)15)8-3-5-9(12)6-4-8/h2-6,16H,1,7H2. The second-order valence-corrected chi connectivity index (χ2v) is 4.27. The van der Waals surface area contributed by atoms with Crippen molar-refractivity contribution in [3.05, 3.63) is 47.0 Å². The van der Waals surface area contributed by atoms with Crippen LogP contribution in [-0.4, -0.2) is 11.3 Å². The van der Waals surface area contributed by atoms with Crippen molar-refractivity contribution in [2.75, 3.05) is 0 Å². The second kappa shape index (κ2) is 4.59. The zero-order valence-electron chi connectivity index (χ0n) is 8.26. The lowest BCUT2D eigenvalue weighted by Gasteiger charge is -2.30. The van der Waals surface area contributed by atoms with Gasteiger partial charge in [0.05, 0.1) is 0 Å². The third kappa shape index (κ3) is 2.47. The highest BCUT2D eigenvalue weighted by Gasteiger charge is 2.53. The van der Waals surface area contributed by atoms with Gasteiger partial charge >= 0.3 is 6.18 Å². The summed E-state index contributed by atoms with van der Waals surface area (Å²) < 4.78 is 39.0. The van der Waals surface area contributed by atoms with Crippen LogP contribution >= 0.6 is 15.9 Å². The van der Waals surface area contributed by atoms with E-state index >= 15 is 0 Å². The first kappa shape index (κ1) is 13.3. The largest absolute Gasteiger partial charge is 0.421 e. The molecule has 0 bridgehead atoms. The molecular weight excluding hydrogens is 285 g/mol. The van der Waals surface area contributed by atoms with Crippen LogP contribution in [0.1, 0.15) is 12.0 Å². The van der Waals surface area contributed by atoms with Crippen molar-refractivity contribution >= 4 is 15.9 Å². The van der Waals surface area contributed by atoms with Gasteiger partial charge in [0.25, 0.3) is 0 Å².